The van der Waals surface area contributed by atoms with Gasteiger partial charge in [0.2, 0.25) is 11.8 Å². The summed E-state index contributed by atoms with van der Waals surface area (Å²) in [5.74, 6) is -0.0529. The van der Waals surface area contributed by atoms with E-state index in [4.69, 9.17) is 5.73 Å². The molecule has 0 bridgehead atoms. The smallest absolute Gasteiger partial charge is 0.237 e. The van der Waals surface area contributed by atoms with Gasteiger partial charge in [-0.1, -0.05) is 32.6 Å². The molecule has 0 radical (unpaired) electrons. The second kappa shape index (κ2) is 14.9. The second-order valence-electron chi connectivity index (χ2n) is 6.91. The molecule has 0 heterocycles. The highest BCUT2D eigenvalue weighted by molar-refractivity contribution is 5.83. The van der Waals surface area contributed by atoms with E-state index < -0.39 is 6.04 Å². The maximum atomic E-state index is 12.0. The molecule has 2 atom stereocenters. The molecule has 2 amide bonds. The Bertz CT molecular complexity index is 399. The Morgan fingerprint density at radius 2 is 1.68 bits per heavy atom. The van der Waals surface area contributed by atoms with Gasteiger partial charge in [-0.05, 0) is 39.5 Å². The molecule has 25 heavy (non-hydrogen) atoms. The molecule has 6 nitrogen and oxygen atoms in total. The summed E-state index contributed by atoms with van der Waals surface area (Å²) >= 11 is 0. The fraction of sp³-hybridized carbons (Fsp3) is 0.842. The van der Waals surface area contributed by atoms with Gasteiger partial charge in [0, 0.05) is 25.4 Å². The number of nitrogens with one attached hydrogen (secondary N) is 2. The van der Waals surface area contributed by atoms with Crippen molar-refractivity contribution in [2.75, 3.05) is 6.54 Å². The first-order valence-corrected chi connectivity index (χ1v) is 9.68. The zero-order valence-electron chi connectivity index (χ0n) is 16.2. The summed E-state index contributed by atoms with van der Waals surface area (Å²) in [6.07, 6.45) is 8.25. The molecular weight excluding hydrogens is 318 g/mol. The monoisotopic (exact) mass is 355 g/mol. The second-order valence-corrected chi connectivity index (χ2v) is 6.91. The minimum absolute atomic E-state index is 0.0780. The van der Waals surface area contributed by atoms with Crippen LogP contribution in [-0.2, 0) is 14.4 Å². The molecule has 0 aromatic heterocycles. The van der Waals surface area contributed by atoms with Crippen LogP contribution in [0.3, 0.4) is 0 Å². The minimum atomic E-state index is -0.644. The van der Waals surface area contributed by atoms with Crippen LogP contribution >= 0.6 is 0 Å². The third kappa shape index (κ3) is 14.6. The van der Waals surface area contributed by atoms with Crippen LogP contribution in [0.15, 0.2) is 0 Å². The molecule has 0 saturated heterocycles. The van der Waals surface area contributed by atoms with Crippen molar-refractivity contribution in [2.24, 2.45) is 5.73 Å². The van der Waals surface area contributed by atoms with Crippen LogP contribution < -0.4 is 16.4 Å². The molecule has 0 aliphatic carbocycles. The van der Waals surface area contributed by atoms with Gasteiger partial charge in [-0.15, -0.1) is 0 Å². The third-order valence-corrected chi connectivity index (χ3v) is 4.18. The molecule has 0 aromatic rings. The Kier molecular flexibility index (Phi) is 14.0. The average Bonchev–Trinajstić information content (AvgIpc) is 2.55. The van der Waals surface area contributed by atoms with Gasteiger partial charge in [0.15, 0.2) is 0 Å². The number of rotatable bonds is 15. The number of carbonyl (C=O) groups is 3. The molecule has 0 aliphatic heterocycles. The Hall–Kier alpha value is -1.43. The van der Waals surface area contributed by atoms with Gasteiger partial charge in [-0.25, -0.2) is 0 Å². The van der Waals surface area contributed by atoms with Crippen LogP contribution in [0.4, 0.5) is 0 Å². The van der Waals surface area contributed by atoms with Crippen molar-refractivity contribution < 1.29 is 14.4 Å². The highest BCUT2D eigenvalue weighted by Gasteiger charge is 2.16. The molecule has 2 unspecified atom stereocenters. The van der Waals surface area contributed by atoms with Gasteiger partial charge in [0.25, 0.3) is 0 Å². The zero-order chi connectivity index (χ0) is 19.1. The van der Waals surface area contributed by atoms with Crippen molar-refractivity contribution in [2.45, 2.75) is 97.1 Å². The van der Waals surface area contributed by atoms with E-state index in [-0.39, 0.29) is 30.1 Å². The number of hydrogen-bond donors (Lipinski definition) is 3. The van der Waals surface area contributed by atoms with Crippen LogP contribution in [0, 0.1) is 0 Å². The number of amides is 2. The predicted molar refractivity (Wildman–Crippen MR) is 101 cm³/mol. The Morgan fingerprint density at radius 1 is 0.960 bits per heavy atom. The number of nitrogens with two attached hydrogens (primary N) is 1. The molecule has 6 heteroatoms. The fourth-order valence-electron chi connectivity index (χ4n) is 2.53. The first-order valence-electron chi connectivity index (χ1n) is 9.68. The number of Topliss-reactive ketones (excluding diaryl/α,β-unsaturated/α-hetero) is 1. The average molecular weight is 356 g/mol. The zero-order valence-corrected chi connectivity index (χ0v) is 16.2. The normalized spacial score (nSPS) is 13.1. The van der Waals surface area contributed by atoms with Crippen molar-refractivity contribution in [1.82, 2.24) is 10.6 Å². The van der Waals surface area contributed by atoms with Gasteiger partial charge in [-0.2, -0.15) is 0 Å². The van der Waals surface area contributed by atoms with E-state index in [2.05, 4.69) is 17.6 Å². The summed E-state index contributed by atoms with van der Waals surface area (Å²) in [5, 5.41) is 5.74. The number of carbonyl (C=O) groups excluding carboxylic acids is 3. The SMILES string of the molecule is CCCCCC(C)NC(=O)C(N)CCC(=O)NCCCCCC(C)=O. The van der Waals surface area contributed by atoms with E-state index in [0.29, 0.717) is 19.4 Å². The minimum Gasteiger partial charge on any atom is -0.356 e. The van der Waals surface area contributed by atoms with Crippen molar-refractivity contribution >= 4 is 17.6 Å². The van der Waals surface area contributed by atoms with Gasteiger partial charge >= 0.3 is 0 Å². The van der Waals surface area contributed by atoms with Crippen molar-refractivity contribution in [1.29, 1.82) is 0 Å². The summed E-state index contributed by atoms with van der Waals surface area (Å²) in [5.41, 5.74) is 5.87. The molecular formula is C19H37N3O3. The van der Waals surface area contributed by atoms with E-state index >= 15 is 0 Å². The lowest BCUT2D eigenvalue weighted by atomic mass is 10.1. The molecule has 0 fully saturated rings. The van der Waals surface area contributed by atoms with E-state index in [1.165, 1.54) is 6.42 Å². The van der Waals surface area contributed by atoms with Crippen molar-refractivity contribution in [3.8, 4) is 0 Å². The maximum absolute atomic E-state index is 12.0. The van der Waals surface area contributed by atoms with E-state index in [0.717, 1.165) is 38.5 Å². The summed E-state index contributed by atoms with van der Waals surface area (Å²) in [7, 11) is 0. The first kappa shape index (κ1) is 23.6. The van der Waals surface area contributed by atoms with E-state index in [1.807, 2.05) is 6.92 Å². The topological polar surface area (TPSA) is 101 Å². The van der Waals surface area contributed by atoms with Crippen LogP contribution in [0.1, 0.15) is 85.0 Å². The maximum Gasteiger partial charge on any atom is 0.237 e. The fourth-order valence-corrected chi connectivity index (χ4v) is 2.53. The highest BCUT2D eigenvalue weighted by atomic mass is 16.2. The largest absolute Gasteiger partial charge is 0.356 e. The first-order chi connectivity index (χ1) is 11.9. The van der Waals surface area contributed by atoms with Crippen LogP contribution in [0.25, 0.3) is 0 Å². The van der Waals surface area contributed by atoms with Gasteiger partial charge in [-0.3, -0.25) is 9.59 Å². The lowest BCUT2D eigenvalue weighted by Gasteiger charge is -2.17. The molecule has 0 aliphatic rings. The number of unbranched alkanes of at least 4 members (excludes halogenated alkanes) is 4. The van der Waals surface area contributed by atoms with Crippen LogP contribution in [0.5, 0.6) is 0 Å². The molecule has 4 N–H and O–H groups in total. The lowest BCUT2D eigenvalue weighted by Crippen LogP contribution is -2.44. The summed E-state index contributed by atoms with van der Waals surface area (Å²) in [6, 6.07) is -0.524. The van der Waals surface area contributed by atoms with Gasteiger partial charge < -0.3 is 21.2 Å². The highest BCUT2D eigenvalue weighted by Crippen LogP contribution is 2.04. The van der Waals surface area contributed by atoms with E-state index in [9.17, 15) is 14.4 Å². The Labute approximate surface area is 152 Å². The Balaban J connectivity index is 3.74. The lowest BCUT2D eigenvalue weighted by molar-refractivity contribution is -0.124. The summed E-state index contributed by atoms with van der Waals surface area (Å²) in [4.78, 5) is 34.6. The molecule has 0 spiro atoms. The standard InChI is InChI=1S/C19H37N3O3/c1-4-5-7-10-15(2)22-19(25)17(20)12-13-18(24)21-14-9-6-8-11-16(3)23/h15,17H,4-14,20H2,1-3H3,(H,21,24)(H,22,25). The van der Waals surface area contributed by atoms with Crippen LogP contribution in [-0.4, -0.2) is 36.2 Å². The van der Waals surface area contributed by atoms with Crippen LogP contribution in [0.2, 0.25) is 0 Å². The van der Waals surface area contributed by atoms with Gasteiger partial charge in [0.1, 0.15) is 5.78 Å². The Morgan fingerprint density at radius 3 is 2.32 bits per heavy atom. The van der Waals surface area contributed by atoms with Gasteiger partial charge in [0.05, 0.1) is 6.04 Å². The summed E-state index contributed by atoms with van der Waals surface area (Å²) < 4.78 is 0. The van der Waals surface area contributed by atoms with Crippen molar-refractivity contribution in [3.63, 3.8) is 0 Å². The summed E-state index contributed by atoms with van der Waals surface area (Å²) in [6.45, 7) is 6.33. The molecule has 0 saturated carbocycles. The predicted octanol–water partition coefficient (Wildman–Crippen LogP) is 2.44. The third-order valence-electron chi connectivity index (χ3n) is 4.18. The molecule has 0 aromatic carbocycles. The molecule has 0 rings (SSSR count). The van der Waals surface area contributed by atoms with Crippen molar-refractivity contribution in [3.05, 3.63) is 0 Å². The quantitative estimate of drug-likeness (QED) is 0.393. The number of ketones is 1. The van der Waals surface area contributed by atoms with E-state index in [1.54, 1.807) is 6.92 Å². The number of hydrogen-bond acceptors (Lipinski definition) is 4. The molecule has 146 valence electrons.